The standard InChI is InChI=1S/C20H16N2O5S/c23-19(21-16-6-2-1-3-7-16)15-5-4-8-18(13-15)28(26,27)22-17-11-9-14(10-12-17)20(24)25/h1-13,22H,(H,21,23)(H,24,25)/p-1. The molecule has 0 radical (unpaired) electrons. The molecular weight excluding hydrogens is 380 g/mol. The molecule has 0 bridgehead atoms. The Morgan fingerprint density at radius 1 is 0.750 bits per heavy atom. The first-order valence-corrected chi connectivity index (χ1v) is 9.64. The quantitative estimate of drug-likeness (QED) is 0.663. The van der Waals surface area contributed by atoms with E-state index in [0.29, 0.717) is 5.69 Å². The van der Waals surface area contributed by atoms with Crippen LogP contribution in [0.2, 0.25) is 0 Å². The van der Waals surface area contributed by atoms with Gasteiger partial charge in [-0.15, -0.1) is 0 Å². The summed E-state index contributed by atoms with van der Waals surface area (Å²) in [5.41, 5.74) is 0.887. The Hall–Kier alpha value is -3.65. The number of rotatable bonds is 6. The summed E-state index contributed by atoms with van der Waals surface area (Å²) >= 11 is 0. The van der Waals surface area contributed by atoms with Gasteiger partial charge in [0.15, 0.2) is 0 Å². The van der Waals surface area contributed by atoms with Crippen molar-refractivity contribution >= 4 is 33.3 Å². The summed E-state index contributed by atoms with van der Waals surface area (Å²) in [4.78, 5) is 23.0. The first-order valence-electron chi connectivity index (χ1n) is 8.16. The Bertz CT molecular complexity index is 1110. The second kappa shape index (κ2) is 7.93. The predicted molar refractivity (Wildman–Crippen MR) is 102 cm³/mol. The van der Waals surface area contributed by atoms with Crippen LogP contribution in [-0.2, 0) is 10.0 Å². The van der Waals surface area contributed by atoms with E-state index in [9.17, 15) is 23.1 Å². The predicted octanol–water partition coefficient (Wildman–Crippen LogP) is 2.10. The van der Waals surface area contributed by atoms with Crippen LogP contribution in [0.15, 0.2) is 83.8 Å². The highest BCUT2D eigenvalue weighted by atomic mass is 32.2. The van der Waals surface area contributed by atoms with Gasteiger partial charge in [0, 0.05) is 16.9 Å². The lowest BCUT2D eigenvalue weighted by atomic mass is 10.2. The highest BCUT2D eigenvalue weighted by Crippen LogP contribution is 2.18. The summed E-state index contributed by atoms with van der Waals surface area (Å²) < 4.78 is 27.5. The van der Waals surface area contributed by atoms with Gasteiger partial charge in [-0.1, -0.05) is 36.4 Å². The number of hydrogen-bond donors (Lipinski definition) is 2. The average Bonchev–Trinajstić information content (AvgIpc) is 2.69. The van der Waals surface area contributed by atoms with Gasteiger partial charge in [-0.3, -0.25) is 9.52 Å². The number of carbonyl (C=O) groups is 2. The molecule has 8 heteroatoms. The summed E-state index contributed by atoms with van der Waals surface area (Å²) in [5.74, 6) is -1.80. The fourth-order valence-corrected chi connectivity index (χ4v) is 3.52. The molecule has 0 aliphatic heterocycles. The molecule has 0 unspecified atom stereocenters. The van der Waals surface area contributed by atoms with Crippen molar-refractivity contribution in [1.82, 2.24) is 0 Å². The van der Waals surface area contributed by atoms with Crippen molar-refractivity contribution in [1.29, 1.82) is 0 Å². The topological polar surface area (TPSA) is 115 Å². The van der Waals surface area contributed by atoms with Gasteiger partial charge >= 0.3 is 0 Å². The van der Waals surface area contributed by atoms with E-state index >= 15 is 0 Å². The molecular formula is C20H15N2O5S-. The molecule has 0 aromatic heterocycles. The van der Waals surface area contributed by atoms with Gasteiger partial charge in [0.1, 0.15) is 0 Å². The molecule has 0 spiro atoms. The molecule has 0 saturated heterocycles. The SMILES string of the molecule is O=C([O-])c1ccc(NS(=O)(=O)c2cccc(C(=O)Nc3ccccc3)c2)cc1. The molecule has 0 atom stereocenters. The van der Waals surface area contributed by atoms with E-state index in [1.54, 1.807) is 24.3 Å². The molecule has 3 aromatic carbocycles. The smallest absolute Gasteiger partial charge is 0.261 e. The van der Waals surface area contributed by atoms with Crippen LogP contribution in [0.1, 0.15) is 20.7 Å². The van der Waals surface area contributed by atoms with Crippen LogP contribution in [-0.4, -0.2) is 20.3 Å². The average molecular weight is 395 g/mol. The monoisotopic (exact) mass is 395 g/mol. The number of aromatic carboxylic acids is 1. The Morgan fingerprint density at radius 3 is 2.07 bits per heavy atom. The van der Waals surface area contributed by atoms with Crippen LogP contribution < -0.4 is 15.1 Å². The van der Waals surface area contributed by atoms with Gasteiger partial charge < -0.3 is 15.2 Å². The first kappa shape index (κ1) is 19.1. The van der Waals surface area contributed by atoms with Gasteiger partial charge in [-0.25, -0.2) is 8.42 Å². The minimum atomic E-state index is -3.97. The number of amides is 1. The maximum Gasteiger partial charge on any atom is 0.261 e. The third kappa shape index (κ3) is 4.54. The van der Waals surface area contributed by atoms with Crippen molar-refractivity contribution < 1.29 is 23.1 Å². The number of sulfonamides is 1. The second-order valence-electron chi connectivity index (χ2n) is 5.82. The molecule has 7 nitrogen and oxygen atoms in total. The molecule has 3 aromatic rings. The molecule has 28 heavy (non-hydrogen) atoms. The van der Waals surface area contributed by atoms with Crippen molar-refractivity contribution in [3.8, 4) is 0 Å². The lowest BCUT2D eigenvalue weighted by molar-refractivity contribution is -0.255. The first-order chi connectivity index (χ1) is 13.3. The molecule has 0 aliphatic carbocycles. The van der Waals surface area contributed by atoms with Crippen molar-refractivity contribution in [2.45, 2.75) is 4.90 Å². The zero-order chi connectivity index (χ0) is 20.1. The molecule has 0 aliphatic rings. The number of anilines is 2. The van der Waals surface area contributed by atoms with E-state index in [1.807, 2.05) is 6.07 Å². The number of hydrogen-bond acceptors (Lipinski definition) is 5. The van der Waals surface area contributed by atoms with E-state index in [-0.39, 0.29) is 21.7 Å². The summed E-state index contributed by atoms with van der Waals surface area (Å²) in [6, 6.07) is 19.5. The van der Waals surface area contributed by atoms with Crippen molar-refractivity contribution in [3.05, 3.63) is 90.0 Å². The number of carbonyl (C=O) groups excluding carboxylic acids is 2. The van der Waals surface area contributed by atoms with Gasteiger partial charge in [-0.2, -0.15) is 0 Å². The Kier molecular flexibility index (Phi) is 5.42. The van der Waals surface area contributed by atoms with Crippen LogP contribution in [0.25, 0.3) is 0 Å². The van der Waals surface area contributed by atoms with E-state index in [1.165, 1.54) is 48.5 Å². The van der Waals surface area contributed by atoms with E-state index < -0.39 is 21.9 Å². The fourth-order valence-electron chi connectivity index (χ4n) is 2.42. The maximum atomic E-state index is 12.6. The summed E-state index contributed by atoms with van der Waals surface area (Å²) in [6.07, 6.45) is 0. The third-order valence-electron chi connectivity index (χ3n) is 3.81. The van der Waals surface area contributed by atoms with E-state index in [2.05, 4.69) is 10.0 Å². The minimum absolute atomic E-state index is 0.0671. The molecule has 2 N–H and O–H groups in total. The highest BCUT2D eigenvalue weighted by molar-refractivity contribution is 7.92. The lowest BCUT2D eigenvalue weighted by Gasteiger charge is -2.11. The summed E-state index contributed by atoms with van der Waals surface area (Å²) in [6.45, 7) is 0. The molecule has 3 rings (SSSR count). The molecule has 0 fully saturated rings. The molecule has 0 saturated carbocycles. The number of para-hydroxylation sites is 1. The highest BCUT2D eigenvalue weighted by Gasteiger charge is 2.17. The van der Waals surface area contributed by atoms with E-state index in [0.717, 1.165) is 0 Å². The number of carboxylic acids is 1. The zero-order valence-electron chi connectivity index (χ0n) is 14.5. The summed E-state index contributed by atoms with van der Waals surface area (Å²) in [7, 11) is -3.97. The summed E-state index contributed by atoms with van der Waals surface area (Å²) in [5, 5.41) is 13.5. The van der Waals surface area contributed by atoms with Crippen LogP contribution in [0.3, 0.4) is 0 Å². The minimum Gasteiger partial charge on any atom is -0.545 e. The number of nitrogens with one attached hydrogen (secondary N) is 2. The van der Waals surface area contributed by atoms with Crippen LogP contribution in [0, 0.1) is 0 Å². The van der Waals surface area contributed by atoms with Gasteiger partial charge in [0.25, 0.3) is 15.9 Å². The number of benzene rings is 3. The Labute approximate surface area is 161 Å². The van der Waals surface area contributed by atoms with Gasteiger partial charge in [0.2, 0.25) is 0 Å². The Balaban J connectivity index is 1.79. The zero-order valence-corrected chi connectivity index (χ0v) is 15.3. The maximum absolute atomic E-state index is 12.6. The molecule has 142 valence electrons. The van der Waals surface area contributed by atoms with Gasteiger partial charge in [-0.05, 0) is 48.0 Å². The third-order valence-corrected chi connectivity index (χ3v) is 5.19. The molecule has 0 heterocycles. The fraction of sp³-hybridized carbons (Fsp3) is 0. The largest absolute Gasteiger partial charge is 0.545 e. The number of carboxylic acid groups (broad SMARTS) is 1. The Morgan fingerprint density at radius 2 is 1.43 bits per heavy atom. The van der Waals surface area contributed by atoms with Crippen molar-refractivity contribution in [2.24, 2.45) is 0 Å². The lowest BCUT2D eigenvalue weighted by Crippen LogP contribution is -2.22. The van der Waals surface area contributed by atoms with E-state index in [4.69, 9.17) is 0 Å². The van der Waals surface area contributed by atoms with Crippen LogP contribution >= 0.6 is 0 Å². The van der Waals surface area contributed by atoms with Crippen LogP contribution in [0.4, 0.5) is 11.4 Å². The second-order valence-corrected chi connectivity index (χ2v) is 7.50. The molecule has 1 amide bonds. The normalized spacial score (nSPS) is 10.9. The van der Waals surface area contributed by atoms with Crippen molar-refractivity contribution in [3.63, 3.8) is 0 Å². The van der Waals surface area contributed by atoms with Crippen LogP contribution in [0.5, 0.6) is 0 Å². The van der Waals surface area contributed by atoms with Gasteiger partial charge in [0.05, 0.1) is 10.9 Å². The van der Waals surface area contributed by atoms with Crippen molar-refractivity contribution in [2.75, 3.05) is 10.0 Å².